The normalized spacial score (nSPS) is 16.6. The molecule has 0 aliphatic carbocycles. The van der Waals surface area contributed by atoms with Gasteiger partial charge >= 0.3 is 0 Å². The number of rotatable bonds is 4. The second-order valence-electron chi connectivity index (χ2n) is 3.38. The minimum atomic E-state index is -0.549. The molecule has 0 N–H and O–H groups in total. The highest BCUT2D eigenvalue weighted by Gasteiger charge is 2.17. The minimum Gasteiger partial charge on any atom is -0.453 e. The summed E-state index contributed by atoms with van der Waals surface area (Å²) in [4.78, 5) is 9.14. The van der Waals surface area contributed by atoms with E-state index in [1.807, 2.05) is 30.3 Å². The van der Waals surface area contributed by atoms with Gasteiger partial charge in [-0.05, 0) is 0 Å². The van der Waals surface area contributed by atoms with Crippen LogP contribution in [0.4, 0.5) is 0 Å². The van der Waals surface area contributed by atoms with E-state index in [1.54, 1.807) is 19.4 Å². The van der Waals surface area contributed by atoms with Crippen molar-refractivity contribution in [2.24, 2.45) is 4.99 Å². The van der Waals surface area contributed by atoms with Crippen LogP contribution in [0.15, 0.2) is 47.3 Å². The topological polar surface area (TPSA) is 34.1 Å². The van der Waals surface area contributed by atoms with E-state index >= 15 is 0 Å². The van der Waals surface area contributed by atoms with Gasteiger partial charge in [0.05, 0.1) is 7.11 Å². The van der Waals surface area contributed by atoms with Crippen LogP contribution in [-0.4, -0.2) is 25.1 Å². The van der Waals surface area contributed by atoms with E-state index in [0.717, 1.165) is 5.56 Å². The number of ether oxygens (including phenoxy) is 1. The van der Waals surface area contributed by atoms with Crippen molar-refractivity contribution in [1.82, 2.24) is 5.06 Å². The van der Waals surface area contributed by atoms with E-state index in [-0.39, 0.29) is 0 Å². The molecule has 4 nitrogen and oxygen atoms in total. The summed E-state index contributed by atoms with van der Waals surface area (Å²) in [6.07, 6.45) is 3.38. The van der Waals surface area contributed by atoms with Crippen molar-refractivity contribution >= 4 is 17.8 Å². The molecule has 5 heteroatoms. The van der Waals surface area contributed by atoms with Gasteiger partial charge < -0.3 is 4.74 Å². The molecule has 0 aromatic heterocycles. The third-order valence-electron chi connectivity index (χ3n) is 2.28. The van der Waals surface area contributed by atoms with Crippen LogP contribution in [0.3, 0.4) is 0 Å². The van der Waals surface area contributed by atoms with E-state index in [2.05, 4.69) is 4.99 Å². The van der Waals surface area contributed by atoms with Crippen LogP contribution < -0.4 is 0 Å². The van der Waals surface area contributed by atoms with Crippen LogP contribution in [0.2, 0.25) is 0 Å². The van der Waals surface area contributed by atoms with Crippen molar-refractivity contribution in [2.75, 3.05) is 13.8 Å². The Morgan fingerprint density at radius 3 is 2.82 bits per heavy atom. The average molecular weight is 253 g/mol. The van der Waals surface area contributed by atoms with E-state index in [4.69, 9.17) is 21.2 Å². The van der Waals surface area contributed by atoms with Crippen molar-refractivity contribution < 1.29 is 9.57 Å². The van der Waals surface area contributed by atoms with E-state index in [0.29, 0.717) is 12.6 Å². The lowest BCUT2D eigenvalue weighted by Gasteiger charge is -2.26. The third-order valence-corrected chi connectivity index (χ3v) is 2.63. The first kappa shape index (κ1) is 12.0. The zero-order valence-electron chi connectivity index (χ0n) is 9.41. The fourth-order valence-electron chi connectivity index (χ4n) is 1.41. The van der Waals surface area contributed by atoms with Crippen molar-refractivity contribution in [3.8, 4) is 0 Å². The molecule has 1 atom stereocenters. The van der Waals surface area contributed by atoms with Crippen LogP contribution in [0, 0.1) is 0 Å². The zero-order chi connectivity index (χ0) is 12.1. The van der Waals surface area contributed by atoms with Gasteiger partial charge in [0, 0.05) is 17.9 Å². The van der Waals surface area contributed by atoms with Gasteiger partial charge in [-0.3, -0.25) is 9.83 Å². The van der Waals surface area contributed by atoms with Gasteiger partial charge in [0.15, 0.2) is 5.56 Å². The Balaban J connectivity index is 2.05. The van der Waals surface area contributed by atoms with Crippen LogP contribution >= 0.6 is 11.6 Å². The Morgan fingerprint density at radius 1 is 1.35 bits per heavy atom. The van der Waals surface area contributed by atoms with E-state index < -0.39 is 5.56 Å². The number of aliphatic imine (C=N–C) groups is 1. The van der Waals surface area contributed by atoms with Crippen molar-refractivity contribution in [1.29, 1.82) is 0 Å². The molecule has 0 bridgehead atoms. The summed E-state index contributed by atoms with van der Waals surface area (Å²) in [5, 5.41) is 1.53. The molecule has 90 valence electrons. The van der Waals surface area contributed by atoms with Gasteiger partial charge in [-0.15, -0.1) is 0 Å². The molecule has 0 amide bonds. The first-order valence-electron chi connectivity index (χ1n) is 5.18. The molecule has 2 rings (SSSR count). The van der Waals surface area contributed by atoms with Crippen molar-refractivity contribution in [3.05, 3.63) is 47.9 Å². The molecule has 1 heterocycles. The highest BCUT2D eigenvalue weighted by atomic mass is 35.5. The third kappa shape index (κ3) is 2.99. The van der Waals surface area contributed by atoms with Gasteiger partial charge in [-0.1, -0.05) is 41.9 Å². The number of benzene rings is 1. The first-order chi connectivity index (χ1) is 8.31. The molecule has 0 radical (unpaired) electrons. The van der Waals surface area contributed by atoms with Gasteiger partial charge in [-0.25, -0.2) is 5.06 Å². The zero-order valence-corrected chi connectivity index (χ0v) is 10.2. The SMILES string of the molecule is CON1CN=CC=C1OC(Cl)c1ccccc1. The van der Waals surface area contributed by atoms with Crippen LogP contribution in [-0.2, 0) is 9.57 Å². The lowest BCUT2D eigenvalue weighted by molar-refractivity contribution is -0.143. The van der Waals surface area contributed by atoms with Crippen LogP contribution in [0.25, 0.3) is 0 Å². The number of hydrogen-bond acceptors (Lipinski definition) is 4. The smallest absolute Gasteiger partial charge is 0.218 e. The number of hydrogen-bond donors (Lipinski definition) is 0. The Bertz CT molecular complexity index is 420. The number of alkyl halides is 1. The van der Waals surface area contributed by atoms with Crippen molar-refractivity contribution in [3.63, 3.8) is 0 Å². The van der Waals surface area contributed by atoms with E-state index in [1.165, 1.54) is 5.06 Å². The number of allylic oxidation sites excluding steroid dienone is 1. The van der Waals surface area contributed by atoms with Gasteiger partial charge in [0.25, 0.3) is 0 Å². The summed E-state index contributed by atoms with van der Waals surface area (Å²) < 4.78 is 5.62. The summed E-state index contributed by atoms with van der Waals surface area (Å²) in [6.45, 7) is 0.404. The molecule has 1 aromatic rings. The van der Waals surface area contributed by atoms with Gasteiger partial charge in [0.2, 0.25) is 5.88 Å². The first-order valence-corrected chi connectivity index (χ1v) is 5.62. The summed E-state index contributed by atoms with van der Waals surface area (Å²) in [5.74, 6) is 0.548. The molecule has 0 saturated heterocycles. The maximum absolute atomic E-state index is 6.17. The molecule has 1 unspecified atom stereocenters. The maximum Gasteiger partial charge on any atom is 0.218 e. The van der Waals surface area contributed by atoms with Crippen LogP contribution in [0.1, 0.15) is 11.1 Å². The summed E-state index contributed by atoms with van der Waals surface area (Å²) in [7, 11) is 1.56. The minimum absolute atomic E-state index is 0.404. The molecule has 0 fully saturated rings. The Hall–Kier alpha value is -1.52. The Labute approximate surface area is 105 Å². The molecular weight excluding hydrogens is 240 g/mol. The second kappa shape index (κ2) is 5.70. The molecular formula is C12H13ClN2O2. The fraction of sp³-hybridized carbons (Fsp3) is 0.250. The molecule has 0 saturated carbocycles. The average Bonchev–Trinajstić information content (AvgIpc) is 2.40. The molecule has 1 aliphatic rings. The second-order valence-corrected chi connectivity index (χ2v) is 3.78. The maximum atomic E-state index is 6.17. The van der Waals surface area contributed by atoms with Gasteiger partial charge in [0.1, 0.15) is 6.67 Å². The Kier molecular flexibility index (Phi) is 4.01. The van der Waals surface area contributed by atoms with Gasteiger partial charge in [-0.2, -0.15) is 0 Å². The highest BCUT2D eigenvalue weighted by Crippen LogP contribution is 2.26. The number of hydroxylamine groups is 2. The lowest BCUT2D eigenvalue weighted by Crippen LogP contribution is -2.26. The predicted molar refractivity (Wildman–Crippen MR) is 66.4 cm³/mol. The lowest BCUT2D eigenvalue weighted by atomic mass is 10.2. The molecule has 1 aromatic carbocycles. The quantitative estimate of drug-likeness (QED) is 0.773. The van der Waals surface area contributed by atoms with E-state index in [9.17, 15) is 0 Å². The van der Waals surface area contributed by atoms with Crippen LogP contribution in [0.5, 0.6) is 0 Å². The predicted octanol–water partition coefficient (Wildman–Crippen LogP) is 2.69. The monoisotopic (exact) mass is 252 g/mol. The summed E-state index contributed by atoms with van der Waals surface area (Å²) >= 11 is 6.17. The summed E-state index contributed by atoms with van der Waals surface area (Å²) in [5.41, 5.74) is 0.347. The standard InChI is InChI=1S/C12H13ClN2O2/c1-16-15-9-14-8-7-11(15)17-12(13)10-5-3-2-4-6-10/h2-8,12H,9H2,1H3. The molecule has 17 heavy (non-hydrogen) atoms. The number of nitrogens with zero attached hydrogens (tertiary/aromatic N) is 2. The van der Waals surface area contributed by atoms with Crippen molar-refractivity contribution in [2.45, 2.75) is 5.56 Å². The highest BCUT2D eigenvalue weighted by molar-refractivity contribution is 6.19. The molecule has 0 spiro atoms. The fourth-order valence-corrected chi connectivity index (χ4v) is 1.65. The largest absolute Gasteiger partial charge is 0.453 e. The molecule has 1 aliphatic heterocycles. The Morgan fingerprint density at radius 2 is 2.12 bits per heavy atom. The number of halogens is 1. The summed E-state index contributed by atoms with van der Waals surface area (Å²) in [6, 6.07) is 9.58.